The number of nitrogens with zero attached hydrogens (tertiary/aromatic N) is 2. The van der Waals surface area contributed by atoms with Gasteiger partial charge in [0.1, 0.15) is 4.90 Å². The molecular formula is C11H15N5O3S. The van der Waals surface area contributed by atoms with Crippen molar-refractivity contribution in [2.24, 2.45) is 5.73 Å². The number of sulfonamides is 1. The maximum absolute atomic E-state index is 12.2. The predicted octanol–water partition coefficient (Wildman–Crippen LogP) is -0.149. The molecule has 0 bridgehead atoms. The SMILES string of the molecule is CCn1cc(S(=O)(=O)Nc2ccc(=O)[nH]n2)cc1CN. The van der Waals surface area contributed by atoms with Gasteiger partial charge in [-0.15, -0.1) is 0 Å². The Hall–Kier alpha value is -2.13. The number of hydrogen-bond acceptors (Lipinski definition) is 5. The molecule has 0 aliphatic heterocycles. The molecule has 0 spiro atoms. The molecule has 4 N–H and O–H groups in total. The van der Waals surface area contributed by atoms with Crippen LogP contribution in [0.3, 0.4) is 0 Å². The second-order valence-corrected chi connectivity index (χ2v) is 5.75. The van der Waals surface area contributed by atoms with Crippen molar-refractivity contribution in [1.82, 2.24) is 14.8 Å². The zero-order valence-corrected chi connectivity index (χ0v) is 11.6. The van der Waals surface area contributed by atoms with Crippen LogP contribution in [0.5, 0.6) is 0 Å². The number of aromatic nitrogens is 3. The van der Waals surface area contributed by atoms with E-state index in [0.717, 1.165) is 5.69 Å². The highest BCUT2D eigenvalue weighted by molar-refractivity contribution is 7.92. The van der Waals surface area contributed by atoms with Gasteiger partial charge in [-0.1, -0.05) is 0 Å². The van der Waals surface area contributed by atoms with Gasteiger partial charge in [0.25, 0.3) is 15.6 Å². The smallest absolute Gasteiger partial charge is 0.264 e. The maximum Gasteiger partial charge on any atom is 0.264 e. The first-order chi connectivity index (χ1) is 9.46. The molecule has 0 amide bonds. The molecule has 8 nitrogen and oxygen atoms in total. The van der Waals surface area contributed by atoms with Crippen molar-refractivity contribution in [3.8, 4) is 0 Å². The monoisotopic (exact) mass is 297 g/mol. The van der Waals surface area contributed by atoms with Gasteiger partial charge >= 0.3 is 0 Å². The lowest BCUT2D eigenvalue weighted by Gasteiger charge is -2.04. The van der Waals surface area contributed by atoms with Crippen molar-refractivity contribution >= 4 is 15.8 Å². The Morgan fingerprint density at radius 1 is 1.45 bits per heavy atom. The molecule has 20 heavy (non-hydrogen) atoms. The Labute approximate surface area is 115 Å². The van der Waals surface area contributed by atoms with Gasteiger partial charge in [0.05, 0.1) is 0 Å². The Morgan fingerprint density at radius 3 is 2.70 bits per heavy atom. The van der Waals surface area contributed by atoms with E-state index in [1.807, 2.05) is 6.92 Å². The highest BCUT2D eigenvalue weighted by Gasteiger charge is 2.18. The Balaban J connectivity index is 2.32. The van der Waals surface area contributed by atoms with Crippen molar-refractivity contribution < 1.29 is 8.42 Å². The molecule has 2 aromatic heterocycles. The van der Waals surface area contributed by atoms with Crippen LogP contribution in [0.25, 0.3) is 0 Å². The van der Waals surface area contributed by atoms with Gasteiger partial charge in [-0.05, 0) is 19.1 Å². The van der Waals surface area contributed by atoms with Crippen LogP contribution in [0.2, 0.25) is 0 Å². The Bertz CT molecular complexity index is 721. The quantitative estimate of drug-likeness (QED) is 0.708. The van der Waals surface area contributed by atoms with E-state index in [-0.39, 0.29) is 17.3 Å². The summed E-state index contributed by atoms with van der Waals surface area (Å²) in [6.07, 6.45) is 1.51. The first-order valence-electron chi connectivity index (χ1n) is 5.94. The van der Waals surface area contributed by atoms with Crippen molar-refractivity contribution in [2.45, 2.75) is 24.9 Å². The second-order valence-electron chi connectivity index (χ2n) is 4.07. The number of nitrogens with two attached hydrogens (primary N) is 1. The molecule has 2 heterocycles. The average Bonchev–Trinajstić information content (AvgIpc) is 2.85. The number of H-pyrrole nitrogens is 1. The van der Waals surface area contributed by atoms with Crippen molar-refractivity contribution in [3.63, 3.8) is 0 Å². The molecule has 108 valence electrons. The molecule has 0 saturated carbocycles. The van der Waals surface area contributed by atoms with E-state index < -0.39 is 15.6 Å². The molecule has 0 unspecified atom stereocenters. The van der Waals surface area contributed by atoms with Gasteiger partial charge in [-0.2, -0.15) is 5.10 Å². The molecule has 0 radical (unpaired) electrons. The van der Waals surface area contributed by atoms with Crippen molar-refractivity contribution in [3.05, 3.63) is 40.4 Å². The van der Waals surface area contributed by atoms with E-state index >= 15 is 0 Å². The molecule has 0 fully saturated rings. The lowest BCUT2D eigenvalue weighted by atomic mass is 10.4. The third-order valence-corrected chi connectivity index (χ3v) is 4.06. The molecule has 0 saturated heterocycles. The van der Waals surface area contributed by atoms with Crippen LogP contribution in [-0.2, 0) is 23.1 Å². The molecule has 2 aromatic rings. The molecule has 0 aromatic carbocycles. The van der Waals surface area contributed by atoms with Crippen molar-refractivity contribution in [2.75, 3.05) is 4.72 Å². The summed E-state index contributed by atoms with van der Waals surface area (Å²) in [6, 6.07) is 3.99. The maximum atomic E-state index is 12.2. The minimum absolute atomic E-state index is 0.0446. The zero-order valence-electron chi connectivity index (χ0n) is 10.8. The number of nitrogens with one attached hydrogen (secondary N) is 2. The van der Waals surface area contributed by atoms with Gasteiger partial charge in [0.2, 0.25) is 0 Å². The topological polar surface area (TPSA) is 123 Å². The summed E-state index contributed by atoms with van der Waals surface area (Å²) in [5.74, 6) is 0.0446. The molecular weight excluding hydrogens is 282 g/mol. The summed E-state index contributed by atoms with van der Waals surface area (Å²) in [5, 5.41) is 5.75. The number of anilines is 1. The Kier molecular flexibility index (Phi) is 3.91. The summed E-state index contributed by atoms with van der Waals surface area (Å²) in [5.41, 5.74) is 5.88. The first kappa shape index (κ1) is 14.3. The summed E-state index contributed by atoms with van der Waals surface area (Å²) >= 11 is 0. The average molecular weight is 297 g/mol. The van der Waals surface area contributed by atoms with E-state index in [1.165, 1.54) is 24.4 Å². The third-order valence-electron chi connectivity index (χ3n) is 2.74. The van der Waals surface area contributed by atoms with Crippen LogP contribution in [0.1, 0.15) is 12.6 Å². The third kappa shape index (κ3) is 2.89. The summed E-state index contributed by atoms with van der Waals surface area (Å²) in [6.45, 7) is 2.77. The molecule has 0 aliphatic rings. The van der Waals surface area contributed by atoms with Crippen molar-refractivity contribution in [1.29, 1.82) is 0 Å². The van der Waals surface area contributed by atoms with Gasteiger partial charge < -0.3 is 10.3 Å². The molecule has 2 rings (SSSR count). The van der Waals surface area contributed by atoms with E-state index in [2.05, 4.69) is 14.9 Å². The Morgan fingerprint density at radius 2 is 2.20 bits per heavy atom. The number of rotatable bonds is 5. The van der Waals surface area contributed by atoms with Crippen LogP contribution in [0.15, 0.2) is 34.1 Å². The fourth-order valence-corrected chi connectivity index (χ4v) is 2.80. The number of aryl methyl sites for hydroxylation is 1. The summed E-state index contributed by atoms with van der Waals surface area (Å²) in [7, 11) is -3.76. The normalized spacial score (nSPS) is 11.5. The zero-order chi connectivity index (χ0) is 14.8. The van der Waals surface area contributed by atoms with E-state index in [1.54, 1.807) is 4.57 Å². The van der Waals surface area contributed by atoms with Crippen LogP contribution < -0.4 is 16.0 Å². The van der Waals surface area contributed by atoms with Crippen LogP contribution >= 0.6 is 0 Å². The minimum Gasteiger partial charge on any atom is -0.349 e. The number of aromatic amines is 1. The van der Waals surface area contributed by atoms with Crippen LogP contribution in [0, 0.1) is 0 Å². The fraction of sp³-hybridized carbons (Fsp3) is 0.273. The van der Waals surface area contributed by atoms with E-state index in [0.29, 0.717) is 6.54 Å². The summed E-state index contributed by atoms with van der Waals surface area (Å²) < 4.78 is 28.4. The highest BCUT2D eigenvalue weighted by Crippen LogP contribution is 2.17. The second kappa shape index (κ2) is 5.47. The van der Waals surface area contributed by atoms with Gasteiger partial charge in [-0.25, -0.2) is 13.5 Å². The standard InChI is InChI=1S/C11H15N5O3S/c1-2-16-7-9(5-8(16)6-12)20(18,19)15-10-3-4-11(17)14-13-10/h3-5,7H,2,6,12H2,1H3,(H,13,15)(H,14,17). The lowest BCUT2D eigenvalue weighted by Crippen LogP contribution is -2.16. The van der Waals surface area contributed by atoms with Gasteiger partial charge in [0.15, 0.2) is 5.82 Å². The largest absolute Gasteiger partial charge is 0.349 e. The minimum atomic E-state index is -3.76. The molecule has 0 atom stereocenters. The van der Waals surface area contributed by atoms with Gasteiger partial charge in [-0.3, -0.25) is 9.52 Å². The predicted molar refractivity (Wildman–Crippen MR) is 73.7 cm³/mol. The van der Waals surface area contributed by atoms with Crippen LogP contribution in [-0.4, -0.2) is 23.2 Å². The lowest BCUT2D eigenvalue weighted by molar-refractivity contribution is 0.600. The van der Waals surface area contributed by atoms with Crippen LogP contribution in [0.4, 0.5) is 5.82 Å². The molecule has 9 heteroatoms. The van der Waals surface area contributed by atoms with E-state index in [4.69, 9.17) is 5.73 Å². The number of hydrogen-bond donors (Lipinski definition) is 3. The van der Waals surface area contributed by atoms with Gasteiger partial charge in [0, 0.05) is 31.0 Å². The highest BCUT2D eigenvalue weighted by atomic mass is 32.2. The fourth-order valence-electron chi connectivity index (χ4n) is 1.74. The first-order valence-corrected chi connectivity index (χ1v) is 7.42. The van der Waals surface area contributed by atoms with E-state index in [9.17, 15) is 13.2 Å². The molecule has 0 aliphatic carbocycles. The summed E-state index contributed by atoms with van der Waals surface area (Å²) in [4.78, 5) is 11.0.